The molecule has 4 heavy (non-hydrogen) atoms. The Labute approximate surface area is 67.8 Å². The van der Waals surface area contributed by atoms with Crippen molar-refractivity contribution in [2.45, 2.75) is 0 Å². The third-order valence-electron chi connectivity index (χ3n) is 0. The maximum atomic E-state index is 0. The Hall–Kier alpha value is 2.00. The molecule has 0 aliphatic rings. The van der Waals surface area contributed by atoms with Crippen LogP contribution in [0.1, 0.15) is 0 Å². The van der Waals surface area contributed by atoms with Gasteiger partial charge >= 0.3 is 43.2 Å². The molecule has 4 heteroatoms. The second kappa shape index (κ2) is 20.0. The number of hydrogen-bond acceptors (Lipinski definition) is 0. The van der Waals surface area contributed by atoms with Gasteiger partial charge in [-0.1, -0.05) is 0 Å². The van der Waals surface area contributed by atoms with Crippen LogP contribution in [0.4, 0.5) is 0 Å². The van der Waals surface area contributed by atoms with E-state index in [4.69, 9.17) is 0 Å². The molecule has 0 fully saturated rings. The van der Waals surface area contributed by atoms with Gasteiger partial charge < -0.3 is 5.48 Å². The summed E-state index contributed by atoms with van der Waals surface area (Å²) in [5, 5.41) is 0. The van der Waals surface area contributed by atoms with Crippen LogP contribution in [0.3, 0.4) is 0 Å². The Morgan fingerprint density at radius 3 is 1.00 bits per heavy atom. The zero-order chi connectivity index (χ0) is 0. The van der Waals surface area contributed by atoms with E-state index < -0.39 is 0 Å². The average Bonchev–Trinajstić information content (AvgIpc) is 0. The number of hydrogen-bond donors (Lipinski definition) is 0. The molecular weight excluding hydrogens is 228 g/mol. The molecule has 0 N–H and O–H groups in total. The van der Waals surface area contributed by atoms with E-state index in [9.17, 15) is 0 Å². The Kier molecular flexibility index (Phi) is 188. The molecule has 0 rings (SSSR count). The Bertz CT molecular complexity index is 8.00. The molecule has 0 heterocycles. The van der Waals surface area contributed by atoms with Gasteiger partial charge in [0, 0.05) is 19.8 Å². The molecule has 0 saturated carbocycles. The van der Waals surface area contributed by atoms with Crippen LogP contribution < -0.4 is 0 Å². The maximum Gasteiger partial charge on any atom is 3.00 e. The third kappa shape index (κ3) is 9.00. The summed E-state index contributed by atoms with van der Waals surface area (Å²) in [6.45, 7) is 0. The monoisotopic (exact) mass is 227 g/mol. The summed E-state index contributed by atoms with van der Waals surface area (Å²) < 4.78 is 0. The summed E-state index contributed by atoms with van der Waals surface area (Å²) in [5.41, 5.74) is 0. The molecule has 0 aromatic heterocycles. The molecule has 0 bridgehead atoms. The molecule has 11 valence electrons. The van der Waals surface area contributed by atoms with E-state index in [-0.39, 0.29) is 68.5 Å². The van der Waals surface area contributed by atoms with Crippen LogP contribution in [-0.2, 0) is 5.48 Å². The molecule has 0 atom stereocenters. The SMILES string of the molecule is [Al+3].[Ga].[In+3].[O-2]. The maximum absolute atomic E-state index is 0. The molecule has 0 unspecified atom stereocenters. The van der Waals surface area contributed by atoms with Crippen LogP contribution >= 0.6 is 0 Å². The Morgan fingerprint density at radius 2 is 1.00 bits per heavy atom. The zero-order valence-electron chi connectivity index (χ0n) is 2.14. The van der Waals surface area contributed by atoms with E-state index in [1.165, 1.54) is 0 Å². The summed E-state index contributed by atoms with van der Waals surface area (Å²) in [6, 6.07) is 0. The number of rotatable bonds is 0. The molecular formula is AlGaInO+4. The van der Waals surface area contributed by atoms with Crippen LogP contribution in [0.2, 0.25) is 0 Å². The van der Waals surface area contributed by atoms with Gasteiger partial charge in [0.05, 0.1) is 0 Å². The molecule has 0 aliphatic heterocycles. The van der Waals surface area contributed by atoms with Crippen molar-refractivity contribution < 1.29 is 5.48 Å². The Morgan fingerprint density at radius 1 is 1.00 bits per heavy atom. The van der Waals surface area contributed by atoms with Crippen LogP contribution in [-0.4, -0.2) is 63.0 Å². The molecule has 0 amide bonds. The fourth-order valence-electron chi connectivity index (χ4n) is 0. The molecule has 0 aliphatic carbocycles. The van der Waals surface area contributed by atoms with E-state index in [1.807, 2.05) is 0 Å². The summed E-state index contributed by atoms with van der Waals surface area (Å²) in [7, 11) is 0. The van der Waals surface area contributed by atoms with Gasteiger partial charge in [-0.3, -0.25) is 0 Å². The second-order valence-corrected chi connectivity index (χ2v) is 0. The van der Waals surface area contributed by atoms with Crippen LogP contribution in [0.5, 0.6) is 0 Å². The van der Waals surface area contributed by atoms with Crippen molar-refractivity contribution >= 4 is 63.0 Å². The fourth-order valence-corrected chi connectivity index (χ4v) is 0. The van der Waals surface area contributed by atoms with Gasteiger partial charge in [0.15, 0.2) is 0 Å². The van der Waals surface area contributed by atoms with E-state index >= 15 is 0 Å². The van der Waals surface area contributed by atoms with E-state index in [2.05, 4.69) is 0 Å². The van der Waals surface area contributed by atoms with Crippen LogP contribution in [0.15, 0.2) is 0 Å². The van der Waals surface area contributed by atoms with Crippen molar-refractivity contribution in [3.63, 3.8) is 0 Å². The minimum atomic E-state index is 0. The van der Waals surface area contributed by atoms with Crippen molar-refractivity contribution in [1.82, 2.24) is 0 Å². The molecule has 3 radical (unpaired) electrons. The van der Waals surface area contributed by atoms with Gasteiger partial charge in [-0.05, 0) is 0 Å². The van der Waals surface area contributed by atoms with Crippen molar-refractivity contribution in [3.8, 4) is 0 Å². The fraction of sp³-hybridized carbons (Fsp3) is 0. The quantitative estimate of drug-likeness (QED) is 0.462. The minimum absolute atomic E-state index is 0. The zero-order valence-corrected chi connectivity index (χ0v) is 9.01. The van der Waals surface area contributed by atoms with E-state index in [0.717, 1.165) is 0 Å². The first-order chi connectivity index (χ1) is 0. The normalized spacial score (nSPS) is 0. The van der Waals surface area contributed by atoms with Crippen molar-refractivity contribution in [1.29, 1.82) is 0 Å². The van der Waals surface area contributed by atoms with Gasteiger partial charge in [-0.15, -0.1) is 0 Å². The first-order valence-electron chi connectivity index (χ1n) is 0. The van der Waals surface area contributed by atoms with E-state index in [1.54, 1.807) is 0 Å². The molecule has 0 aromatic carbocycles. The minimum Gasteiger partial charge on any atom is -2.00 e. The first-order valence-corrected chi connectivity index (χ1v) is 0. The van der Waals surface area contributed by atoms with Crippen molar-refractivity contribution in [3.05, 3.63) is 0 Å². The first kappa shape index (κ1) is 37.5. The largest absolute Gasteiger partial charge is 3.00 e. The van der Waals surface area contributed by atoms with Crippen molar-refractivity contribution in [2.75, 3.05) is 0 Å². The molecule has 0 aromatic rings. The topological polar surface area (TPSA) is 28.5 Å². The summed E-state index contributed by atoms with van der Waals surface area (Å²) in [4.78, 5) is 0. The predicted octanol–water partition coefficient (Wildman–Crippen LogP) is -1.26. The van der Waals surface area contributed by atoms with Crippen LogP contribution in [0, 0.1) is 0 Å². The van der Waals surface area contributed by atoms with Gasteiger partial charge in [0.1, 0.15) is 0 Å². The van der Waals surface area contributed by atoms with Gasteiger partial charge in [0.2, 0.25) is 0 Å². The smallest absolute Gasteiger partial charge is 2.00 e. The summed E-state index contributed by atoms with van der Waals surface area (Å²) >= 11 is 0. The van der Waals surface area contributed by atoms with Crippen LogP contribution in [0.25, 0.3) is 0 Å². The molecule has 0 spiro atoms. The van der Waals surface area contributed by atoms with E-state index in [0.29, 0.717) is 0 Å². The second-order valence-electron chi connectivity index (χ2n) is 0. The Balaban J connectivity index is 0. The van der Waals surface area contributed by atoms with Gasteiger partial charge in [-0.2, -0.15) is 0 Å². The molecule has 0 saturated heterocycles. The predicted molar refractivity (Wildman–Crippen MR) is 17.9 cm³/mol. The third-order valence-corrected chi connectivity index (χ3v) is 0. The summed E-state index contributed by atoms with van der Waals surface area (Å²) in [6.07, 6.45) is 0. The molecule has 1 nitrogen and oxygen atoms in total. The van der Waals surface area contributed by atoms with Gasteiger partial charge in [0.25, 0.3) is 0 Å². The average molecular weight is 228 g/mol. The standard InChI is InChI=1S/Al.Ga.In.O/q+3;;+3;-2. The van der Waals surface area contributed by atoms with Crippen molar-refractivity contribution in [2.24, 2.45) is 0 Å². The summed E-state index contributed by atoms with van der Waals surface area (Å²) in [5.74, 6) is 0. The van der Waals surface area contributed by atoms with Gasteiger partial charge in [-0.25, -0.2) is 0 Å².